The molecule has 0 heterocycles. The molecular formula is C15H26. The molecule has 1 aliphatic carbocycles. The number of allylic oxidation sites excluding steroid dienone is 3. The first-order chi connectivity index (χ1) is 7.06. The second kappa shape index (κ2) is 5.53. The molecule has 0 N–H and O–H groups in total. The second-order valence-corrected chi connectivity index (χ2v) is 5.35. The van der Waals surface area contributed by atoms with Crippen molar-refractivity contribution in [3.63, 3.8) is 0 Å². The van der Waals surface area contributed by atoms with E-state index in [1.165, 1.54) is 31.3 Å². The van der Waals surface area contributed by atoms with Crippen molar-refractivity contribution in [1.29, 1.82) is 0 Å². The smallest absolute Gasteiger partial charge is 0.0140 e. The van der Waals surface area contributed by atoms with Gasteiger partial charge < -0.3 is 0 Å². The molecule has 0 saturated heterocycles. The van der Waals surface area contributed by atoms with Crippen LogP contribution in [-0.4, -0.2) is 0 Å². The molecule has 1 aliphatic rings. The van der Waals surface area contributed by atoms with Gasteiger partial charge in [0, 0.05) is 0 Å². The molecule has 0 fully saturated rings. The Bertz CT molecular complexity index is 247. The Kier molecular flexibility index (Phi) is 4.63. The Balaban J connectivity index is 2.77. The van der Waals surface area contributed by atoms with Crippen LogP contribution in [0.1, 0.15) is 53.4 Å². The van der Waals surface area contributed by atoms with Crippen LogP contribution in [0, 0.1) is 17.8 Å². The fourth-order valence-electron chi connectivity index (χ4n) is 2.89. The van der Waals surface area contributed by atoms with E-state index in [4.69, 9.17) is 0 Å². The maximum absolute atomic E-state index is 4.17. The van der Waals surface area contributed by atoms with Crippen LogP contribution in [0.3, 0.4) is 0 Å². The van der Waals surface area contributed by atoms with E-state index in [-0.39, 0.29) is 0 Å². The van der Waals surface area contributed by atoms with Crippen molar-refractivity contribution in [1.82, 2.24) is 0 Å². The molecule has 3 atom stereocenters. The first-order valence-electron chi connectivity index (χ1n) is 6.39. The van der Waals surface area contributed by atoms with E-state index in [1.54, 1.807) is 5.57 Å². The lowest BCUT2D eigenvalue weighted by Crippen LogP contribution is -2.24. The number of hydrogen-bond donors (Lipinski definition) is 0. The minimum Gasteiger partial charge on any atom is -0.0998 e. The van der Waals surface area contributed by atoms with Crippen LogP contribution in [0.5, 0.6) is 0 Å². The van der Waals surface area contributed by atoms with Crippen LogP contribution in [0.15, 0.2) is 23.8 Å². The van der Waals surface area contributed by atoms with E-state index in [0.29, 0.717) is 0 Å². The second-order valence-electron chi connectivity index (χ2n) is 5.35. The zero-order chi connectivity index (χ0) is 11.4. The summed E-state index contributed by atoms with van der Waals surface area (Å²) in [5, 5.41) is 0. The van der Waals surface area contributed by atoms with Gasteiger partial charge in [0.25, 0.3) is 0 Å². The summed E-state index contributed by atoms with van der Waals surface area (Å²) in [6.45, 7) is 13.3. The lowest BCUT2D eigenvalue weighted by atomic mass is 9.71. The molecule has 0 heteroatoms. The van der Waals surface area contributed by atoms with E-state index in [2.05, 4.69) is 40.3 Å². The van der Waals surface area contributed by atoms with Gasteiger partial charge >= 0.3 is 0 Å². The molecule has 0 radical (unpaired) electrons. The quantitative estimate of drug-likeness (QED) is 0.570. The molecule has 0 aromatic rings. The SMILES string of the molecule is C=C(C)C1CCC(C)=CC1C(C)CCC. The normalized spacial score (nSPS) is 28.4. The minimum absolute atomic E-state index is 0.732. The van der Waals surface area contributed by atoms with Crippen LogP contribution in [-0.2, 0) is 0 Å². The van der Waals surface area contributed by atoms with Gasteiger partial charge in [-0.25, -0.2) is 0 Å². The van der Waals surface area contributed by atoms with E-state index in [1.807, 2.05) is 0 Å². The summed E-state index contributed by atoms with van der Waals surface area (Å²) in [4.78, 5) is 0. The van der Waals surface area contributed by atoms with Crippen LogP contribution in [0.2, 0.25) is 0 Å². The van der Waals surface area contributed by atoms with Gasteiger partial charge in [-0.3, -0.25) is 0 Å². The predicted octanol–water partition coefficient (Wildman–Crippen LogP) is 4.97. The Morgan fingerprint density at radius 1 is 1.60 bits per heavy atom. The Morgan fingerprint density at radius 2 is 2.27 bits per heavy atom. The van der Waals surface area contributed by atoms with Crippen LogP contribution in [0.4, 0.5) is 0 Å². The molecule has 15 heavy (non-hydrogen) atoms. The summed E-state index contributed by atoms with van der Waals surface area (Å²) in [7, 11) is 0. The van der Waals surface area contributed by atoms with Crippen LogP contribution >= 0.6 is 0 Å². The van der Waals surface area contributed by atoms with Crippen molar-refractivity contribution < 1.29 is 0 Å². The molecule has 0 aliphatic heterocycles. The average molecular weight is 206 g/mol. The van der Waals surface area contributed by atoms with Crippen molar-refractivity contribution in [3.8, 4) is 0 Å². The van der Waals surface area contributed by atoms with Gasteiger partial charge in [0.1, 0.15) is 0 Å². The topological polar surface area (TPSA) is 0 Å². The predicted molar refractivity (Wildman–Crippen MR) is 68.9 cm³/mol. The highest BCUT2D eigenvalue weighted by Gasteiger charge is 2.27. The van der Waals surface area contributed by atoms with E-state index in [9.17, 15) is 0 Å². The molecule has 1 rings (SSSR count). The molecule has 0 amide bonds. The van der Waals surface area contributed by atoms with Gasteiger partial charge in [-0.05, 0) is 44.4 Å². The molecule has 0 spiro atoms. The minimum atomic E-state index is 0.732. The molecule has 0 nitrogen and oxygen atoms in total. The number of hydrogen-bond acceptors (Lipinski definition) is 0. The van der Waals surface area contributed by atoms with Crippen molar-refractivity contribution in [2.24, 2.45) is 17.8 Å². The Hall–Kier alpha value is -0.520. The van der Waals surface area contributed by atoms with Gasteiger partial charge in [0.15, 0.2) is 0 Å². The van der Waals surface area contributed by atoms with Crippen molar-refractivity contribution in [2.75, 3.05) is 0 Å². The maximum Gasteiger partial charge on any atom is -0.0140 e. The molecule has 0 saturated carbocycles. The summed E-state index contributed by atoms with van der Waals surface area (Å²) < 4.78 is 0. The third-order valence-electron chi connectivity index (χ3n) is 3.83. The van der Waals surface area contributed by atoms with E-state index >= 15 is 0 Å². The molecule has 0 aromatic carbocycles. The van der Waals surface area contributed by atoms with Gasteiger partial charge in [0.2, 0.25) is 0 Å². The molecule has 0 bridgehead atoms. The van der Waals surface area contributed by atoms with E-state index < -0.39 is 0 Å². The van der Waals surface area contributed by atoms with Gasteiger partial charge in [-0.1, -0.05) is 50.5 Å². The summed E-state index contributed by atoms with van der Waals surface area (Å²) in [6, 6.07) is 0. The molecule has 3 unspecified atom stereocenters. The molecular weight excluding hydrogens is 180 g/mol. The summed E-state index contributed by atoms with van der Waals surface area (Å²) >= 11 is 0. The van der Waals surface area contributed by atoms with Gasteiger partial charge in [-0.15, -0.1) is 0 Å². The fraction of sp³-hybridized carbons (Fsp3) is 0.733. The Labute approximate surface area is 95.5 Å². The Morgan fingerprint density at radius 3 is 2.80 bits per heavy atom. The average Bonchev–Trinajstić information content (AvgIpc) is 2.17. The lowest BCUT2D eigenvalue weighted by molar-refractivity contribution is 0.285. The first-order valence-corrected chi connectivity index (χ1v) is 6.39. The highest BCUT2D eigenvalue weighted by atomic mass is 14.3. The fourth-order valence-corrected chi connectivity index (χ4v) is 2.89. The third-order valence-corrected chi connectivity index (χ3v) is 3.83. The highest BCUT2D eigenvalue weighted by Crippen LogP contribution is 2.38. The monoisotopic (exact) mass is 206 g/mol. The zero-order valence-electron chi connectivity index (χ0n) is 10.8. The third kappa shape index (κ3) is 3.22. The lowest BCUT2D eigenvalue weighted by Gasteiger charge is -2.34. The number of rotatable bonds is 4. The standard InChI is InChI=1S/C15H26/c1-6-7-13(5)15-10-12(4)8-9-14(15)11(2)3/h10,13-15H,2,6-9H2,1,3-5H3. The van der Waals surface area contributed by atoms with Gasteiger partial charge in [-0.2, -0.15) is 0 Å². The maximum atomic E-state index is 4.17. The molecule has 0 aromatic heterocycles. The van der Waals surface area contributed by atoms with E-state index in [0.717, 1.165) is 17.8 Å². The summed E-state index contributed by atoms with van der Waals surface area (Å²) in [5.41, 5.74) is 2.96. The van der Waals surface area contributed by atoms with Crippen molar-refractivity contribution in [2.45, 2.75) is 53.4 Å². The van der Waals surface area contributed by atoms with Crippen molar-refractivity contribution >= 4 is 0 Å². The molecule has 86 valence electrons. The largest absolute Gasteiger partial charge is 0.0998 e. The van der Waals surface area contributed by atoms with Crippen molar-refractivity contribution in [3.05, 3.63) is 23.8 Å². The highest BCUT2D eigenvalue weighted by molar-refractivity contribution is 5.14. The van der Waals surface area contributed by atoms with Crippen LogP contribution < -0.4 is 0 Å². The summed E-state index contributed by atoms with van der Waals surface area (Å²) in [5.74, 6) is 2.29. The zero-order valence-corrected chi connectivity index (χ0v) is 10.8. The van der Waals surface area contributed by atoms with Crippen LogP contribution in [0.25, 0.3) is 0 Å². The first kappa shape index (κ1) is 12.5. The summed E-state index contributed by atoms with van der Waals surface area (Å²) in [6.07, 6.45) is 7.75. The van der Waals surface area contributed by atoms with Gasteiger partial charge in [0.05, 0.1) is 0 Å².